The van der Waals surface area contributed by atoms with Crippen molar-refractivity contribution in [2.75, 3.05) is 19.6 Å². The summed E-state index contributed by atoms with van der Waals surface area (Å²) in [5, 5.41) is 3.77. The van der Waals surface area contributed by atoms with E-state index in [0.717, 1.165) is 18.0 Å². The fourth-order valence-corrected chi connectivity index (χ4v) is 3.89. The highest BCUT2D eigenvalue weighted by molar-refractivity contribution is 4.78. The second kappa shape index (κ2) is 9.04. The molecule has 2 heteroatoms. The second-order valence-corrected chi connectivity index (χ2v) is 7.45. The van der Waals surface area contributed by atoms with Crippen LogP contribution in [0.2, 0.25) is 0 Å². The first-order chi connectivity index (χ1) is 9.75. The quantitative estimate of drug-likeness (QED) is 0.637. The van der Waals surface area contributed by atoms with Crippen LogP contribution in [0.1, 0.15) is 78.1 Å². The molecule has 0 radical (unpaired) electrons. The first kappa shape index (κ1) is 16.3. The third kappa shape index (κ3) is 5.73. The van der Waals surface area contributed by atoms with Gasteiger partial charge >= 0.3 is 0 Å². The molecule has 0 unspecified atom stereocenters. The van der Waals surface area contributed by atoms with Gasteiger partial charge in [-0.25, -0.2) is 0 Å². The third-order valence-electron chi connectivity index (χ3n) is 5.25. The predicted octanol–water partition coefficient (Wildman–Crippen LogP) is 4.20. The normalized spacial score (nSPS) is 21.6. The van der Waals surface area contributed by atoms with E-state index in [1.54, 1.807) is 0 Å². The fraction of sp³-hybridized carbons (Fsp3) is 1.00. The predicted molar refractivity (Wildman–Crippen MR) is 88.2 cm³/mol. The van der Waals surface area contributed by atoms with Crippen LogP contribution >= 0.6 is 0 Å². The van der Waals surface area contributed by atoms with Crippen LogP contribution < -0.4 is 5.32 Å². The van der Waals surface area contributed by atoms with Crippen LogP contribution in [0.4, 0.5) is 0 Å². The van der Waals surface area contributed by atoms with Crippen LogP contribution in [0.25, 0.3) is 0 Å². The van der Waals surface area contributed by atoms with Crippen molar-refractivity contribution in [1.29, 1.82) is 0 Å². The first-order valence-corrected chi connectivity index (χ1v) is 9.23. The van der Waals surface area contributed by atoms with Gasteiger partial charge in [-0.05, 0) is 64.1 Å². The Kier molecular flexibility index (Phi) is 7.37. The van der Waals surface area contributed by atoms with Gasteiger partial charge in [0, 0.05) is 12.1 Å². The van der Waals surface area contributed by atoms with Crippen molar-refractivity contribution in [3.8, 4) is 0 Å². The second-order valence-electron chi connectivity index (χ2n) is 7.45. The minimum atomic E-state index is 0.839. The van der Waals surface area contributed by atoms with Gasteiger partial charge in [-0.3, -0.25) is 0 Å². The van der Waals surface area contributed by atoms with Gasteiger partial charge in [0.15, 0.2) is 0 Å². The summed E-state index contributed by atoms with van der Waals surface area (Å²) in [6.07, 6.45) is 14.3. The fourth-order valence-electron chi connectivity index (χ4n) is 3.89. The van der Waals surface area contributed by atoms with Gasteiger partial charge in [-0.2, -0.15) is 0 Å². The van der Waals surface area contributed by atoms with E-state index < -0.39 is 0 Å². The Morgan fingerprint density at radius 1 is 0.950 bits per heavy atom. The van der Waals surface area contributed by atoms with Crippen molar-refractivity contribution in [2.24, 2.45) is 5.92 Å². The Labute approximate surface area is 126 Å². The van der Waals surface area contributed by atoms with E-state index in [9.17, 15) is 0 Å². The Morgan fingerprint density at radius 3 is 2.25 bits per heavy atom. The standard InChI is InChI=1S/C18H36N2/c1-16(2)12-15-20(18-10-5-6-11-18)14-7-13-19-17-8-3-4-9-17/h16-19H,3-15H2,1-2H3. The summed E-state index contributed by atoms with van der Waals surface area (Å²) in [5.74, 6) is 0.843. The molecule has 0 heterocycles. The summed E-state index contributed by atoms with van der Waals surface area (Å²) in [4.78, 5) is 2.81. The largest absolute Gasteiger partial charge is 0.314 e. The molecule has 20 heavy (non-hydrogen) atoms. The van der Waals surface area contributed by atoms with Crippen molar-refractivity contribution < 1.29 is 0 Å². The molecule has 0 aliphatic heterocycles. The smallest absolute Gasteiger partial charge is 0.00952 e. The van der Waals surface area contributed by atoms with Gasteiger partial charge in [0.05, 0.1) is 0 Å². The van der Waals surface area contributed by atoms with Crippen LogP contribution in [0, 0.1) is 5.92 Å². The number of hydrogen-bond acceptors (Lipinski definition) is 2. The van der Waals surface area contributed by atoms with Gasteiger partial charge in [0.25, 0.3) is 0 Å². The topological polar surface area (TPSA) is 15.3 Å². The first-order valence-electron chi connectivity index (χ1n) is 9.23. The molecule has 2 aliphatic carbocycles. The Morgan fingerprint density at radius 2 is 1.60 bits per heavy atom. The Hall–Kier alpha value is -0.0800. The van der Waals surface area contributed by atoms with Crippen LogP contribution in [0.3, 0.4) is 0 Å². The van der Waals surface area contributed by atoms with Crippen LogP contribution in [-0.4, -0.2) is 36.6 Å². The summed E-state index contributed by atoms with van der Waals surface area (Å²) < 4.78 is 0. The maximum absolute atomic E-state index is 3.77. The lowest BCUT2D eigenvalue weighted by molar-refractivity contribution is 0.185. The lowest BCUT2D eigenvalue weighted by Crippen LogP contribution is -2.37. The average molecular weight is 280 g/mol. The maximum Gasteiger partial charge on any atom is 0.00952 e. The number of nitrogens with zero attached hydrogens (tertiary/aromatic N) is 1. The van der Waals surface area contributed by atoms with E-state index in [4.69, 9.17) is 0 Å². The van der Waals surface area contributed by atoms with E-state index in [2.05, 4.69) is 24.1 Å². The lowest BCUT2D eigenvalue weighted by atomic mass is 10.1. The highest BCUT2D eigenvalue weighted by atomic mass is 15.2. The van der Waals surface area contributed by atoms with Gasteiger partial charge in [0.2, 0.25) is 0 Å². The molecule has 0 aromatic carbocycles. The van der Waals surface area contributed by atoms with E-state index in [-0.39, 0.29) is 0 Å². The van der Waals surface area contributed by atoms with Gasteiger partial charge in [-0.15, -0.1) is 0 Å². The average Bonchev–Trinajstić information content (AvgIpc) is 3.10. The molecule has 118 valence electrons. The molecule has 0 saturated heterocycles. The summed E-state index contributed by atoms with van der Waals surface area (Å²) in [5.41, 5.74) is 0. The Balaban J connectivity index is 1.63. The summed E-state index contributed by atoms with van der Waals surface area (Å²) >= 11 is 0. The number of rotatable bonds is 9. The van der Waals surface area contributed by atoms with Crippen molar-refractivity contribution in [2.45, 2.75) is 90.1 Å². The molecular formula is C18H36N2. The van der Waals surface area contributed by atoms with Crippen molar-refractivity contribution in [1.82, 2.24) is 10.2 Å². The van der Waals surface area contributed by atoms with Crippen molar-refractivity contribution in [3.05, 3.63) is 0 Å². The molecule has 0 bridgehead atoms. The minimum absolute atomic E-state index is 0.839. The highest BCUT2D eigenvalue weighted by Crippen LogP contribution is 2.24. The lowest BCUT2D eigenvalue weighted by Gasteiger charge is -2.29. The third-order valence-corrected chi connectivity index (χ3v) is 5.25. The van der Waals surface area contributed by atoms with Crippen molar-refractivity contribution >= 4 is 0 Å². The SMILES string of the molecule is CC(C)CCN(CCCNC1CCCC1)C1CCCC1. The van der Waals surface area contributed by atoms with E-state index in [1.807, 2.05) is 0 Å². The molecule has 0 aromatic heterocycles. The summed E-state index contributed by atoms with van der Waals surface area (Å²) in [7, 11) is 0. The molecule has 2 rings (SSSR count). The summed E-state index contributed by atoms with van der Waals surface area (Å²) in [6, 6.07) is 1.74. The van der Waals surface area contributed by atoms with Gasteiger partial charge in [0.1, 0.15) is 0 Å². The molecule has 0 spiro atoms. The molecule has 2 fully saturated rings. The molecular weight excluding hydrogens is 244 g/mol. The number of hydrogen-bond donors (Lipinski definition) is 1. The highest BCUT2D eigenvalue weighted by Gasteiger charge is 2.22. The van der Waals surface area contributed by atoms with E-state index in [0.29, 0.717) is 0 Å². The molecule has 0 aromatic rings. The van der Waals surface area contributed by atoms with E-state index in [1.165, 1.54) is 83.8 Å². The van der Waals surface area contributed by atoms with Crippen LogP contribution in [-0.2, 0) is 0 Å². The number of nitrogens with one attached hydrogen (secondary N) is 1. The molecule has 0 amide bonds. The maximum atomic E-state index is 3.77. The zero-order valence-corrected chi connectivity index (χ0v) is 13.9. The summed E-state index contributed by atoms with van der Waals surface area (Å²) in [6.45, 7) is 8.58. The zero-order chi connectivity index (χ0) is 14.2. The van der Waals surface area contributed by atoms with Crippen LogP contribution in [0.15, 0.2) is 0 Å². The van der Waals surface area contributed by atoms with Crippen molar-refractivity contribution in [3.63, 3.8) is 0 Å². The molecule has 2 saturated carbocycles. The zero-order valence-electron chi connectivity index (χ0n) is 13.9. The molecule has 1 N–H and O–H groups in total. The molecule has 2 aliphatic rings. The molecule has 0 atom stereocenters. The monoisotopic (exact) mass is 280 g/mol. The van der Waals surface area contributed by atoms with Gasteiger partial charge < -0.3 is 10.2 Å². The van der Waals surface area contributed by atoms with Gasteiger partial charge in [-0.1, -0.05) is 39.5 Å². The molecule has 2 nitrogen and oxygen atoms in total. The Bertz CT molecular complexity index is 240. The van der Waals surface area contributed by atoms with E-state index >= 15 is 0 Å². The van der Waals surface area contributed by atoms with Crippen LogP contribution in [0.5, 0.6) is 0 Å². The minimum Gasteiger partial charge on any atom is -0.314 e.